The summed E-state index contributed by atoms with van der Waals surface area (Å²) in [4.78, 5) is 5.03. The molecule has 0 amide bonds. The second-order valence-corrected chi connectivity index (χ2v) is 33.5. The molecule has 0 saturated heterocycles. The SMILES string of the molecule is [2H]c1c([2H])c(-n2c3ccccc3c3c4c(sc32)[se]c2ccccc24)c([2H])c2c1B1c3c(cc(C(C)(C)C)cc3N(c3c(-c4ccccc4)cc(C(C)(C)C)cc3-c3ccccc3)c3c([2H])c(-n4c5c([2H])c([2H])c([2H])c([2H])c5c5c([2H])c([2H])c([2H])c([2H])c54)c([2H])c([2H])c31)N2c1c(-c2ccccc2)cc(C(C)(C)C)cc1-c1ccccc1. The van der Waals surface area contributed by atoms with Crippen LogP contribution in [0.25, 0.3) is 117 Å². The van der Waals surface area contributed by atoms with Gasteiger partial charge in [-0.05, 0) is 51.7 Å². The fourth-order valence-electron chi connectivity index (χ4n) is 15.5. The maximum absolute atomic E-state index is 11.9. The van der Waals surface area contributed by atoms with Crippen LogP contribution in [-0.2, 0) is 16.2 Å². The Bertz CT molecular complexity index is 6900. The van der Waals surface area contributed by atoms with Crippen molar-refractivity contribution in [3.63, 3.8) is 0 Å². The number of fused-ring (bicyclic) bond motifs is 14. The first-order valence-electron chi connectivity index (χ1n) is 41.4. The van der Waals surface area contributed by atoms with Gasteiger partial charge < -0.3 is 4.57 Å². The Morgan fingerprint density at radius 2 is 0.762 bits per heavy atom. The van der Waals surface area contributed by atoms with E-state index in [2.05, 4.69) is 158 Å². The monoisotopic (exact) mass is 1400 g/mol. The summed E-state index contributed by atoms with van der Waals surface area (Å²) in [6.45, 7) is 18.1. The summed E-state index contributed by atoms with van der Waals surface area (Å²) < 4.78 is 150. The van der Waals surface area contributed by atoms with Crippen LogP contribution in [0.5, 0.6) is 0 Å². The second kappa shape index (κ2) is 22.9. The van der Waals surface area contributed by atoms with Crippen molar-refractivity contribution in [2.24, 2.45) is 0 Å². The summed E-state index contributed by atoms with van der Waals surface area (Å²) >= 11 is 1.59. The second-order valence-electron chi connectivity index (χ2n) is 29.7. The number of hydrogen-bond donors (Lipinski definition) is 0. The number of benzene rings is 13. The van der Waals surface area contributed by atoms with E-state index in [0.29, 0.717) is 39.3 Å². The summed E-state index contributed by atoms with van der Waals surface area (Å²) in [5.74, 6) is 0. The average Bonchev–Trinajstić information content (AvgIpc) is 1.12. The third kappa shape index (κ3) is 9.68. The van der Waals surface area contributed by atoms with Gasteiger partial charge in [0, 0.05) is 27.6 Å². The van der Waals surface area contributed by atoms with E-state index in [-0.39, 0.29) is 82.4 Å². The van der Waals surface area contributed by atoms with Crippen molar-refractivity contribution in [1.82, 2.24) is 9.13 Å². The van der Waals surface area contributed by atoms with E-state index in [1.165, 1.54) is 12.4 Å². The van der Waals surface area contributed by atoms with Gasteiger partial charge in [0.1, 0.15) is 0 Å². The Balaban J connectivity index is 1.07. The third-order valence-corrected chi connectivity index (χ3v) is 24.4. The topological polar surface area (TPSA) is 16.3 Å². The Hall–Kier alpha value is -10.7. The molecule has 4 aromatic heterocycles. The molecule has 0 saturated carbocycles. The maximum atomic E-state index is 11.9. The molecule has 4 nitrogen and oxygen atoms in total. The molecule has 6 heterocycles. The number of nitrogens with zero attached hydrogens (tertiary/aromatic N) is 4. The number of thiophene rings is 1. The minimum Gasteiger partial charge on any atom is -0.0622 e. The average molecular weight is 1400 g/mol. The Morgan fingerprint density at radius 3 is 1.22 bits per heavy atom. The van der Waals surface area contributed by atoms with Crippen molar-refractivity contribution in [2.75, 3.05) is 9.80 Å². The van der Waals surface area contributed by atoms with Gasteiger partial charge in [0.05, 0.1) is 30.4 Å². The molecule has 2 aliphatic heterocycles. The molecule has 0 fully saturated rings. The number of aromatic nitrogens is 2. The smallest absolute Gasteiger partial charge is 0.0622 e. The summed E-state index contributed by atoms with van der Waals surface area (Å²) in [6, 6.07) is 62.8. The summed E-state index contributed by atoms with van der Waals surface area (Å²) in [7, 11) is 0. The van der Waals surface area contributed by atoms with Crippen molar-refractivity contribution < 1.29 is 19.2 Å². The number of anilines is 6. The predicted octanol–water partition coefficient (Wildman–Crippen LogP) is 23.9. The Labute approximate surface area is 621 Å². The van der Waals surface area contributed by atoms with Gasteiger partial charge in [-0.1, -0.05) is 196 Å². The van der Waals surface area contributed by atoms with Gasteiger partial charge >= 0.3 is 315 Å². The van der Waals surface area contributed by atoms with Crippen molar-refractivity contribution in [2.45, 2.75) is 78.6 Å². The van der Waals surface area contributed by atoms with E-state index in [9.17, 15) is 16.4 Å². The first kappa shape index (κ1) is 48.2. The first-order valence-corrected chi connectivity index (χ1v) is 36.9. The van der Waals surface area contributed by atoms with Crippen LogP contribution in [0, 0.1) is 0 Å². The van der Waals surface area contributed by atoms with Gasteiger partial charge in [-0.3, -0.25) is 0 Å². The van der Waals surface area contributed by atoms with E-state index < -0.39 is 95.1 Å². The summed E-state index contributed by atoms with van der Waals surface area (Å²) in [5, 5.41) is 3.68. The summed E-state index contributed by atoms with van der Waals surface area (Å²) in [5.41, 5.74) is 10.5. The molecule has 101 heavy (non-hydrogen) atoms. The fraction of sp³-hybridized carbons (Fsp3) is 0.128. The van der Waals surface area contributed by atoms with E-state index in [1.807, 2.05) is 125 Å². The van der Waals surface area contributed by atoms with Crippen LogP contribution in [0.2, 0.25) is 0 Å². The van der Waals surface area contributed by atoms with Gasteiger partial charge in [0.2, 0.25) is 0 Å². The molecule has 19 rings (SSSR count). The molecule has 0 N–H and O–H groups in total. The van der Waals surface area contributed by atoms with E-state index in [4.69, 9.17) is 2.74 Å². The Morgan fingerprint density at radius 1 is 0.366 bits per heavy atom. The molecule has 2 aliphatic rings. The van der Waals surface area contributed by atoms with Crippen molar-refractivity contribution >= 4 is 145 Å². The molecule has 17 aromatic rings. The minimum atomic E-state index is -1.37. The van der Waals surface area contributed by atoms with Crippen LogP contribution in [0.4, 0.5) is 34.1 Å². The van der Waals surface area contributed by atoms with Gasteiger partial charge in [0.25, 0.3) is 0 Å². The Kier molecular flexibility index (Phi) is 10.9. The third-order valence-electron chi connectivity index (χ3n) is 20.5. The molecule has 0 aliphatic carbocycles. The number of hydrogen-bond acceptors (Lipinski definition) is 3. The molecule has 0 atom stereocenters. The standard InChI is InChI=1S/C94H75BN4SSe/c1-92(2,3)62-50-71(58-30-14-10-15-31-58)88(72(51-62)59-32-16-11-17-33-59)98-80-56-65(96-77-42-26-22-38-67(77)68-39-23-27-43-78(68)96)46-48-75(80)95-76-49-47-66(97-79-44-28-24-40-69(79)85-86-70-41-25-29-45-84(70)101-91(86)100-90(85)97)57-81(76)99(83-55-64(94(7,8)9)54-82(98)87(83)95)89-73(60-34-18-12-19-35-60)52-63(93(4,5)6)53-74(89)61-36-20-13-21-37-61/h10-57H,1-9H3/i22D,23D,26D,27D,38D,39D,42D,43D,46D,47D,48D,49D,56D,57D. The van der Waals surface area contributed by atoms with Crippen molar-refractivity contribution in [3.05, 3.63) is 308 Å². The van der Waals surface area contributed by atoms with Crippen LogP contribution >= 0.6 is 11.3 Å². The molecule has 486 valence electrons. The summed E-state index contributed by atoms with van der Waals surface area (Å²) in [6.07, 6.45) is 0. The molecule has 0 bridgehead atoms. The normalized spacial score (nSPS) is 15.1. The fourth-order valence-corrected chi connectivity index (χ4v) is 19.8. The van der Waals surface area contributed by atoms with Gasteiger partial charge in [0.15, 0.2) is 0 Å². The van der Waals surface area contributed by atoms with E-state index in [0.717, 1.165) is 82.0 Å². The zero-order valence-corrected chi connectivity index (χ0v) is 59.8. The molecular weight excluding hydrogens is 1310 g/mol. The molecule has 7 heteroatoms. The molecule has 0 spiro atoms. The number of para-hydroxylation sites is 3. The van der Waals surface area contributed by atoms with Gasteiger partial charge in [-0.15, -0.1) is 0 Å². The van der Waals surface area contributed by atoms with Crippen LogP contribution in [0.15, 0.2) is 291 Å². The number of rotatable bonds is 8. The molecular formula is C94H75BN4SSe. The van der Waals surface area contributed by atoms with Gasteiger partial charge in [-0.25, -0.2) is 0 Å². The molecule has 0 unspecified atom stereocenters. The van der Waals surface area contributed by atoms with Gasteiger partial charge in [-0.2, -0.15) is 0 Å². The molecule has 13 aromatic carbocycles. The quantitative estimate of drug-likeness (QED) is 0.141. The van der Waals surface area contributed by atoms with Crippen LogP contribution < -0.4 is 26.2 Å². The van der Waals surface area contributed by atoms with E-state index >= 15 is 0 Å². The van der Waals surface area contributed by atoms with E-state index in [1.54, 1.807) is 11.3 Å². The van der Waals surface area contributed by atoms with Crippen molar-refractivity contribution in [3.8, 4) is 55.9 Å². The van der Waals surface area contributed by atoms with Crippen LogP contribution in [0.3, 0.4) is 0 Å². The predicted molar refractivity (Wildman–Crippen MR) is 437 cm³/mol. The first-order chi connectivity index (χ1) is 54.9. The zero-order valence-electron chi connectivity index (χ0n) is 71.3. The molecule has 0 radical (unpaired) electrons. The zero-order chi connectivity index (χ0) is 80.6. The van der Waals surface area contributed by atoms with Crippen LogP contribution in [-0.4, -0.2) is 30.4 Å². The van der Waals surface area contributed by atoms with Crippen LogP contribution in [0.1, 0.15) is 98.2 Å². The minimum absolute atomic E-state index is 0.0128. The van der Waals surface area contributed by atoms with Crippen molar-refractivity contribution in [1.29, 1.82) is 0 Å².